The van der Waals surface area contributed by atoms with Gasteiger partial charge in [-0.25, -0.2) is 0 Å². The number of rotatable bonds is 3. The van der Waals surface area contributed by atoms with Gasteiger partial charge in [-0.15, -0.1) is 0 Å². The molecule has 0 aliphatic carbocycles. The van der Waals surface area contributed by atoms with Gasteiger partial charge in [-0.1, -0.05) is 0 Å². The lowest BCUT2D eigenvalue weighted by atomic mass is 10.1. The third kappa shape index (κ3) is 2.44. The minimum atomic E-state index is -0.0779. The van der Waals surface area contributed by atoms with Crippen LogP contribution >= 0.6 is 0 Å². The van der Waals surface area contributed by atoms with Gasteiger partial charge in [0.05, 0.1) is 39.0 Å². The molecular weight excluding hydrogens is 232 g/mol. The second-order valence-electron chi connectivity index (χ2n) is 4.80. The van der Waals surface area contributed by atoms with Crippen molar-refractivity contribution in [2.75, 3.05) is 39.5 Å². The molecule has 0 radical (unpaired) electrons. The van der Waals surface area contributed by atoms with Gasteiger partial charge in [0.15, 0.2) is 6.29 Å². The molecule has 100 valence electrons. The van der Waals surface area contributed by atoms with E-state index in [0.717, 1.165) is 26.3 Å². The molecule has 2 fully saturated rings. The molecule has 1 unspecified atom stereocenters. The molecule has 2 aliphatic rings. The van der Waals surface area contributed by atoms with Crippen LogP contribution in [0, 0.1) is 0 Å². The van der Waals surface area contributed by atoms with Crippen LogP contribution in [-0.2, 0) is 21.3 Å². The number of ether oxygens (including phenoxy) is 3. The smallest absolute Gasteiger partial charge is 0.170 e. The molecule has 18 heavy (non-hydrogen) atoms. The van der Waals surface area contributed by atoms with Gasteiger partial charge >= 0.3 is 0 Å². The Morgan fingerprint density at radius 2 is 2.11 bits per heavy atom. The van der Waals surface area contributed by atoms with E-state index in [9.17, 15) is 0 Å². The monoisotopic (exact) mass is 252 g/mol. The quantitative estimate of drug-likeness (QED) is 0.796. The lowest BCUT2D eigenvalue weighted by Crippen LogP contribution is -2.44. The highest BCUT2D eigenvalue weighted by Gasteiger charge is 2.29. The van der Waals surface area contributed by atoms with Crippen molar-refractivity contribution in [3.63, 3.8) is 0 Å². The molecule has 2 saturated heterocycles. The van der Waals surface area contributed by atoms with E-state index in [-0.39, 0.29) is 6.29 Å². The van der Waals surface area contributed by atoms with Crippen molar-refractivity contribution in [2.24, 2.45) is 7.05 Å². The first-order valence-electron chi connectivity index (χ1n) is 6.51. The Morgan fingerprint density at radius 1 is 1.28 bits per heavy atom. The molecule has 2 aliphatic heterocycles. The largest absolute Gasteiger partial charge is 0.378 e. The molecule has 0 spiro atoms. The number of aromatic nitrogens is 1. The fourth-order valence-electron chi connectivity index (χ4n) is 2.65. The average molecular weight is 252 g/mol. The molecule has 3 rings (SSSR count). The van der Waals surface area contributed by atoms with E-state index in [1.165, 1.54) is 5.69 Å². The Bertz CT molecular complexity index is 387. The Hall–Kier alpha value is -0.880. The summed E-state index contributed by atoms with van der Waals surface area (Å²) in [6.07, 6.45) is 2.00. The molecule has 5 nitrogen and oxygen atoms in total. The van der Waals surface area contributed by atoms with E-state index in [1.54, 1.807) is 0 Å². The van der Waals surface area contributed by atoms with Crippen molar-refractivity contribution in [2.45, 2.75) is 12.3 Å². The predicted octanol–water partition coefficient (Wildman–Crippen LogP) is 0.771. The summed E-state index contributed by atoms with van der Waals surface area (Å²) in [6.45, 7) is 4.70. The molecule has 0 aromatic carbocycles. The molecule has 3 heterocycles. The van der Waals surface area contributed by atoms with E-state index in [4.69, 9.17) is 14.2 Å². The van der Waals surface area contributed by atoms with Crippen LogP contribution < -0.4 is 0 Å². The average Bonchev–Trinajstić information content (AvgIpc) is 3.02. The van der Waals surface area contributed by atoms with E-state index in [2.05, 4.69) is 34.8 Å². The SMILES string of the molecule is Cn1cccc1C1COCCN1CC1OCCO1. The van der Waals surface area contributed by atoms with Crippen molar-refractivity contribution in [3.8, 4) is 0 Å². The summed E-state index contributed by atoms with van der Waals surface area (Å²) in [7, 11) is 2.07. The van der Waals surface area contributed by atoms with Crippen LogP contribution in [0.4, 0.5) is 0 Å². The Balaban J connectivity index is 1.71. The summed E-state index contributed by atoms with van der Waals surface area (Å²) in [5.74, 6) is 0. The fraction of sp³-hybridized carbons (Fsp3) is 0.692. The van der Waals surface area contributed by atoms with Crippen LogP contribution in [0.1, 0.15) is 11.7 Å². The molecule has 0 amide bonds. The minimum Gasteiger partial charge on any atom is -0.378 e. The van der Waals surface area contributed by atoms with Crippen molar-refractivity contribution in [3.05, 3.63) is 24.0 Å². The summed E-state index contributed by atoms with van der Waals surface area (Å²) < 4.78 is 18.9. The second-order valence-corrected chi connectivity index (χ2v) is 4.80. The van der Waals surface area contributed by atoms with Crippen molar-refractivity contribution in [1.82, 2.24) is 9.47 Å². The van der Waals surface area contributed by atoms with Crippen LogP contribution in [0.25, 0.3) is 0 Å². The summed E-state index contributed by atoms with van der Waals surface area (Å²) >= 11 is 0. The molecule has 1 aromatic rings. The molecule has 1 aromatic heterocycles. The van der Waals surface area contributed by atoms with Crippen LogP contribution in [0.15, 0.2) is 18.3 Å². The van der Waals surface area contributed by atoms with Crippen LogP contribution in [0.2, 0.25) is 0 Å². The Morgan fingerprint density at radius 3 is 2.83 bits per heavy atom. The molecule has 0 bridgehead atoms. The van der Waals surface area contributed by atoms with Crippen molar-refractivity contribution < 1.29 is 14.2 Å². The highest BCUT2D eigenvalue weighted by molar-refractivity contribution is 5.12. The normalized spacial score (nSPS) is 26.8. The molecule has 5 heteroatoms. The summed E-state index contributed by atoms with van der Waals surface area (Å²) in [6, 6.07) is 4.53. The third-order valence-electron chi connectivity index (χ3n) is 3.64. The Labute approximate surface area is 107 Å². The highest BCUT2D eigenvalue weighted by atomic mass is 16.7. The van der Waals surface area contributed by atoms with E-state index < -0.39 is 0 Å². The van der Waals surface area contributed by atoms with E-state index in [1.807, 2.05) is 0 Å². The van der Waals surface area contributed by atoms with E-state index >= 15 is 0 Å². The predicted molar refractivity (Wildman–Crippen MR) is 66.2 cm³/mol. The first-order valence-corrected chi connectivity index (χ1v) is 6.51. The van der Waals surface area contributed by atoms with Gasteiger partial charge in [-0.3, -0.25) is 4.90 Å². The van der Waals surface area contributed by atoms with Gasteiger partial charge in [0, 0.05) is 25.5 Å². The number of nitrogens with zero attached hydrogens (tertiary/aromatic N) is 2. The van der Waals surface area contributed by atoms with Crippen LogP contribution in [0.5, 0.6) is 0 Å². The van der Waals surface area contributed by atoms with Crippen molar-refractivity contribution >= 4 is 0 Å². The first-order chi connectivity index (χ1) is 8.84. The maximum Gasteiger partial charge on any atom is 0.170 e. The van der Waals surface area contributed by atoms with Gasteiger partial charge in [0.1, 0.15) is 0 Å². The zero-order chi connectivity index (χ0) is 12.4. The Kier molecular flexibility index (Phi) is 3.65. The topological polar surface area (TPSA) is 35.9 Å². The maximum absolute atomic E-state index is 5.62. The zero-order valence-electron chi connectivity index (χ0n) is 10.7. The summed E-state index contributed by atoms with van der Waals surface area (Å²) in [5, 5.41) is 0. The van der Waals surface area contributed by atoms with E-state index in [0.29, 0.717) is 19.3 Å². The number of hydrogen-bond donors (Lipinski definition) is 0. The maximum atomic E-state index is 5.62. The minimum absolute atomic E-state index is 0.0779. The molecule has 0 N–H and O–H groups in total. The molecule has 0 saturated carbocycles. The van der Waals surface area contributed by atoms with Crippen molar-refractivity contribution in [1.29, 1.82) is 0 Å². The number of aryl methyl sites for hydroxylation is 1. The first kappa shape index (κ1) is 12.2. The summed E-state index contributed by atoms with van der Waals surface area (Å²) in [4.78, 5) is 2.40. The second kappa shape index (κ2) is 5.40. The molecule has 1 atom stereocenters. The van der Waals surface area contributed by atoms with Gasteiger partial charge in [0.25, 0.3) is 0 Å². The van der Waals surface area contributed by atoms with Gasteiger partial charge in [0.2, 0.25) is 0 Å². The van der Waals surface area contributed by atoms with Gasteiger partial charge in [-0.2, -0.15) is 0 Å². The fourth-order valence-corrected chi connectivity index (χ4v) is 2.65. The highest BCUT2D eigenvalue weighted by Crippen LogP contribution is 2.25. The van der Waals surface area contributed by atoms with Crippen LogP contribution in [0.3, 0.4) is 0 Å². The summed E-state index contributed by atoms with van der Waals surface area (Å²) in [5.41, 5.74) is 1.28. The molecular formula is C13H20N2O3. The number of hydrogen-bond acceptors (Lipinski definition) is 4. The lowest BCUT2D eigenvalue weighted by Gasteiger charge is -2.36. The number of morpholine rings is 1. The van der Waals surface area contributed by atoms with Crippen LogP contribution in [-0.4, -0.2) is 55.3 Å². The standard InChI is InChI=1S/C13H20N2O3/c1-14-4-2-3-11(14)12-10-16-6-5-15(12)9-13-17-7-8-18-13/h2-4,12-13H,5-10H2,1H3. The zero-order valence-corrected chi connectivity index (χ0v) is 10.7. The lowest BCUT2D eigenvalue weighted by molar-refractivity contribution is -0.0941. The van der Waals surface area contributed by atoms with Gasteiger partial charge in [-0.05, 0) is 12.1 Å². The van der Waals surface area contributed by atoms with Gasteiger partial charge < -0.3 is 18.8 Å². The third-order valence-corrected chi connectivity index (χ3v) is 3.64.